The number of hydrogen-bond acceptors (Lipinski definition) is 4. The second kappa shape index (κ2) is 5.30. The summed E-state index contributed by atoms with van der Waals surface area (Å²) < 4.78 is 7.27. The standard InChI is InChI=1S/C14H20N4O/c1-5-11-9(3)17-18(10(11)4)13-8-7-12(15)14(16-13)19-6-2/h7-8H,5-6,15H2,1-4H3. The fourth-order valence-electron chi connectivity index (χ4n) is 2.22. The molecule has 0 bridgehead atoms. The predicted molar refractivity (Wildman–Crippen MR) is 75.8 cm³/mol. The van der Waals surface area contributed by atoms with Gasteiger partial charge in [0.1, 0.15) is 0 Å². The van der Waals surface area contributed by atoms with Crippen molar-refractivity contribution in [3.8, 4) is 11.7 Å². The summed E-state index contributed by atoms with van der Waals surface area (Å²) in [7, 11) is 0. The molecule has 0 aromatic carbocycles. The number of aromatic nitrogens is 3. The largest absolute Gasteiger partial charge is 0.476 e. The lowest BCUT2D eigenvalue weighted by Crippen LogP contribution is -2.06. The van der Waals surface area contributed by atoms with Gasteiger partial charge in [0, 0.05) is 5.69 Å². The third-order valence-electron chi connectivity index (χ3n) is 3.17. The number of nitrogens with two attached hydrogens (primary N) is 1. The highest BCUT2D eigenvalue weighted by atomic mass is 16.5. The van der Waals surface area contributed by atoms with Gasteiger partial charge in [-0.3, -0.25) is 0 Å². The molecule has 0 atom stereocenters. The Hall–Kier alpha value is -2.04. The van der Waals surface area contributed by atoms with E-state index in [2.05, 4.69) is 23.9 Å². The van der Waals surface area contributed by atoms with E-state index in [0.717, 1.165) is 23.6 Å². The highest BCUT2D eigenvalue weighted by Crippen LogP contribution is 2.22. The summed E-state index contributed by atoms with van der Waals surface area (Å²) >= 11 is 0. The van der Waals surface area contributed by atoms with E-state index in [1.807, 2.05) is 24.6 Å². The molecule has 2 N–H and O–H groups in total. The van der Waals surface area contributed by atoms with Crippen LogP contribution >= 0.6 is 0 Å². The minimum atomic E-state index is 0.464. The zero-order valence-electron chi connectivity index (χ0n) is 11.9. The Morgan fingerprint density at radius 1 is 1.26 bits per heavy atom. The van der Waals surface area contributed by atoms with Gasteiger partial charge in [-0.1, -0.05) is 6.92 Å². The molecule has 2 heterocycles. The fourth-order valence-corrected chi connectivity index (χ4v) is 2.22. The predicted octanol–water partition coefficient (Wildman–Crippen LogP) is 2.43. The molecule has 5 nitrogen and oxygen atoms in total. The molecule has 2 aromatic rings. The van der Waals surface area contributed by atoms with Gasteiger partial charge >= 0.3 is 0 Å². The summed E-state index contributed by atoms with van der Waals surface area (Å²) in [4.78, 5) is 4.44. The maximum Gasteiger partial charge on any atom is 0.239 e. The van der Waals surface area contributed by atoms with E-state index in [-0.39, 0.29) is 0 Å². The molecule has 0 saturated heterocycles. The van der Waals surface area contributed by atoms with Gasteiger partial charge in [0.25, 0.3) is 0 Å². The van der Waals surface area contributed by atoms with Crippen molar-refractivity contribution in [2.45, 2.75) is 34.1 Å². The third-order valence-corrected chi connectivity index (χ3v) is 3.17. The van der Waals surface area contributed by atoms with Crippen LogP contribution in [-0.2, 0) is 6.42 Å². The van der Waals surface area contributed by atoms with E-state index in [1.54, 1.807) is 6.07 Å². The molecule has 0 fully saturated rings. The van der Waals surface area contributed by atoms with Crippen molar-refractivity contribution in [2.24, 2.45) is 0 Å². The van der Waals surface area contributed by atoms with Gasteiger partial charge in [-0.15, -0.1) is 0 Å². The van der Waals surface area contributed by atoms with Crippen molar-refractivity contribution in [3.63, 3.8) is 0 Å². The SMILES string of the molecule is CCOc1nc(-n2nc(C)c(CC)c2C)ccc1N. The molecule has 2 rings (SSSR count). The summed E-state index contributed by atoms with van der Waals surface area (Å²) in [6.07, 6.45) is 0.963. The lowest BCUT2D eigenvalue weighted by molar-refractivity contribution is 0.328. The first-order valence-corrected chi connectivity index (χ1v) is 6.53. The van der Waals surface area contributed by atoms with Crippen LogP contribution < -0.4 is 10.5 Å². The van der Waals surface area contributed by atoms with Crippen molar-refractivity contribution in [1.82, 2.24) is 14.8 Å². The Morgan fingerprint density at radius 2 is 2.00 bits per heavy atom. The molecule has 0 aliphatic rings. The Morgan fingerprint density at radius 3 is 2.58 bits per heavy atom. The minimum absolute atomic E-state index is 0.464. The van der Waals surface area contributed by atoms with Crippen LogP contribution in [0.15, 0.2) is 12.1 Å². The molecule has 0 unspecified atom stereocenters. The van der Waals surface area contributed by atoms with Crippen molar-refractivity contribution < 1.29 is 4.74 Å². The van der Waals surface area contributed by atoms with Crippen molar-refractivity contribution >= 4 is 5.69 Å². The summed E-state index contributed by atoms with van der Waals surface area (Å²) in [5.41, 5.74) is 9.79. The second-order valence-electron chi connectivity index (χ2n) is 4.41. The van der Waals surface area contributed by atoms with E-state index < -0.39 is 0 Å². The number of ether oxygens (including phenoxy) is 1. The van der Waals surface area contributed by atoms with Crippen LogP contribution in [0, 0.1) is 13.8 Å². The Bertz CT molecular complexity index is 589. The van der Waals surface area contributed by atoms with Crippen LogP contribution in [0.3, 0.4) is 0 Å². The maximum absolute atomic E-state index is 5.84. The number of rotatable bonds is 4. The fraction of sp³-hybridized carbons (Fsp3) is 0.429. The first kappa shape index (κ1) is 13.4. The first-order valence-electron chi connectivity index (χ1n) is 6.53. The minimum Gasteiger partial charge on any atom is -0.476 e. The number of hydrogen-bond donors (Lipinski definition) is 1. The average molecular weight is 260 g/mol. The summed E-state index contributed by atoms with van der Waals surface area (Å²) in [5, 5.41) is 4.54. The molecule has 5 heteroatoms. The zero-order valence-corrected chi connectivity index (χ0v) is 11.9. The first-order chi connectivity index (χ1) is 9.08. The van der Waals surface area contributed by atoms with Gasteiger partial charge in [-0.2, -0.15) is 10.1 Å². The van der Waals surface area contributed by atoms with E-state index in [4.69, 9.17) is 10.5 Å². The van der Waals surface area contributed by atoms with E-state index in [0.29, 0.717) is 18.2 Å². The summed E-state index contributed by atoms with van der Waals surface area (Å²) in [6, 6.07) is 3.66. The Balaban J connectivity index is 2.50. The molecule has 0 amide bonds. The maximum atomic E-state index is 5.84. The molecule has 19 heavy (non-hydrogen) atoms. The molecule has 0 radical (unpaired) electrons. The molecular weight excluding hydrogens is 240 g/mol. The summed E-state index contributed by atoms with van der Waals surface area (Å²) in [5.74, 6) is 1.20. The highest BCUT2D eigenvalue weighted by Gasteiger charge is 2.13. The second-order valence-corrected chi connectivity index (χ2v) is 4.41. The Kier molecular flexibility index (Phi) is 3.74. The van der Waals surface area contributed by atoms with Gasteiger partial charge in [0.2, 0.25) is 5.88 Å². The van der Waals surface area contributed by atoms with E-state index in [1.165, 1.54) is 5.56 Å². The smallest absolute Gasteiger partial charge is 0.239 e. The van der Waals surface area contributed by atoms with E-state index in [9.17, 15) is 0 Å². The third kappa shape index (κ3) is 2.41. The number of pyridine rings is 1. The molecule has 0 aliphatic heterocycles. The van der Waals surface area contributed by atoms with Crippen molar-refractivity contribution in [2.75, 3.05) is 12.3 Å². The van der Waals surface area contributed by atoms with Crippen LogP contribution in [-0.4, -0.2) is 21.4 Å². The number of nitrogen functional groups attached to an aromatic ring is 1. The molecule has 0 aliphatic carbocycles. The van der Waals surface area contributed by atoms with Gasteiger partial charge in [-0.05, 0) is 44.9 Å². The summed E-state index contributed by atoms with van der Waals surface area (Å²) in [6.45, 7) is 8.65. The van der Waals surface area contributed by atoms with Crippen molar-refractivity contribution in [1.29, 1.82) is 0 Å². The van der Waals surface area contributed by atoms with Crippen LogP contribution in [0.1, 0.15) is 30.8 Å². The monoisotopic (exact) mass is 260 g/mol. The lowest BCUT2D eigenvalue weighted by Gasteiger charge is -2.09. The van der Waals surface area contributed by atoms with E-state index >= 15 is 0 Å². The molecule has 0 spiro atoms. The van der Waals surface area contributed by atoms with Crippen LogP contribution in [0.2, 0.25) is 0 Å². The molecule has 102 valence electrons. The zero-order chi connectivity index (χ0) is 14.0. The van der Waals surface area contributed by atoms with Gasteiger partial charge in [0.15, 0.2) is 5.82 Å². The number of aryl methyl sites for hydroxylation is 1. The topological polar surface area (TPSA) is 66.0 Å². The highest BCUT2D eigenvalue weighted by molar-refractivity contribution is 5.51. The van der Waals surface area contributed by atoms with Gasteiger partial charge in [0.05, 0.1) is 18.0 Å². The van der Waals surface area contributed by atoms with Crippen LogP contribution in [0.25, 0.3) is 5.82 Å². The molecular formula is C14H20N4O. The van der Waals surface area contributed by atoms with Crippen LogP contribution in [0.4, 0.5) is 5.69 Å². The van der Waals surface area contributed by atoms with Crippen LogP contribution in [0.5, 0.6) is 5.88 Å². The average Bonchev–Trinajstić information content (AvgIpc) is 2.67. The number of nitrogens with zero attached hydrogens (tertiary/aromatic N) is 3. The normalized spacial score (nSPS) is 10.7. The number of anilines is 1. The molecule has 2 aromatic heterocycles. The quantitative estimate of drug-likeness (QED) is 0.916. The lowest BCUT2D eigenvalue weighted by atomic mass is 10.1. The van der Waals surface area contributed by atoms with Crippen molar-refractivity contribution in [3.05, 3.63) is 29.1 Å². The molecule has 0 saturated carbocycles. The van der Waals surface area contributed by atoms with Gasteiger partial charge < -0.3 is 10.5 Å². The Labute approximate surface area is 113 Å². The van der Waals surface area contributed by atoms with Gasteiger partial charge in [-0.25, -0.2) is 4.68 Å².